The first-order chi connectivity index (χ1) is 19.0. The van der Waals surface area contributed by atoms with Crippen LogP contribution in [0.3, 0.4) is 0 Å². The SMILES string of the molecule is COc1ccc(/C=C2/C(=O)NC(=O)N(c3cccc(C(F)(F)F)c3)C2=O)cc1COc1ccc(NC(C)=O)cc1. The van der Waals surface area contributed by atoms with Crippen LogP contribution in [0.15, 0.2) is 72.3 Å². The fourth-order valence-corrected chi connectivity index (χ4v) is 3.88. The van der Waals surface area contributed by atoms with E-state index in [4.69, 9.17) is 9.47 Å². The molecular formula is C28H22F3N3O6. The summed E-state index contributed by atoms with van der Waals surface area (Å²) in [5.41, 5.74) is -0.335. The lowest BCUT2D eigenvalue weighted by molar-refractivity contribution is -0.137. The van der Waals surface area contributed by atoms with E-state index in [1.165, 1.54) is 20.1 Å². The molecule has 40 heavy (non-hydrogen) atoms. The van der Waals surface area contributed by atoms with Crippen molar-refractivity contribution in [3.05, 3.63) is 89.0 Å². The van der Waals surface area contributed by atoms with Gasteiger partial charge in [0.05, 0.1) is 18.4 Å². The van der Waals surface area contributed by atoms with Crippen LogP contribution in [0.2, 0.25) is 0 Å². The molecule has 0 saturated carbocycles. The predicted octanol–water partition coefficient (Wildman–Crippen LogP) is 4.92. The summed E-state index contributed by atoms with van der Waals surface area (Å²) in [6.45, 7) is 1.43. The van der Waals surface area contributed by atoms with E-state index in [9.17, 15) is 32.3 Å². The number of hydrogen-bond acceptors (Lipinski definition) is 6. The molecule has 1 aliphatic rings. The fraction of sp³-hybridized carbons (Fsp3) is 0.143. The lowest BCUT2D eigenvalue weighted by atomic mass is 10.0. The van der Waals surface area contributed by atoms with Crippen molar-refractivity contribution in [1.29, 1.82) is 0 Å². The maximum atomic E-state index is 13.2. The molecule has 4 rings (SSSR count). The van der Waals surface area contributed by atoms with Crippen molar-refractivity contribution in [3.8, 4) is 11.5 Å². The van der Waals surface area contributed by atoms with E-state index in [-0.39, 0.29) is 18.2 Å². The van der Waals surface area contributed by atoms with E-state index in [0.29, 0.717) is 39.3 Å². The molecule has 1 fully saturated rings. The highest BCUT2D eigenvalue weighted by molar-refractivity contribution is 6.39. The maximum Gasteiger partial charge on any atom is 0.416 e. The molecule has 2 N–H and O–H groups in total. The molecule has 5 amide bonds. The first-order valence-electron chi connectivity index (χ1n) is 11.7. The van der Waals surface area contributed by atoms with Crippen molar-refractivity contribution in [1.82, 2.24) is 5.32 Å². The molecule has 0 spiro atoms. The van der Waals surface area contributed by atoms with Gasteiger partial charge >= 0.3 is 12.2 Å². The van der Waals surface area contributed by atoms with Crippen molar-refractivity contribution in [2.75, 3.05) is 17.3 Å². The molecule has 12 heteroatoms. The Kier molecular flexibility index (Phi) is 7.89. The third-order valence-electron chi connectivity index (χ3n) is 5.72. The second kappa shape index (κ2) is 11.3. The number of benzene rings is 3. The van der Waals surface area contributed by atoms with Gasteiger partial charge in [0.1, 0.15) is 23.7 Å². The van der Waals surface area contributed by atoms with Crippen LogP contribution in [0, 0.1) is 0 Å². The van der Waals surface area contributed by atoms with Gasteiger partial charge in [0, 0.05) is 18.2 Å². The zero-order chi connectivity index (χ0) is 29.0. The van der Waals surface area contributed by atoms with E-state index < -0.39 is 35.2 Å². The number of halogens is 3. The Balaban J connectivity index is 1.59. The standard InChI is InChI=1S/C28H22F3N3O6/c1-16(35)32-20-7-9-22(10-8-20)40-15-18-12-17(6-11-24(18)39-2)13-23-25(36)33-27(38)34(26(23)37)21-5-3-4-19(14-21)28(29,30)31/h3-14H,15H2,1-2H3,(H,32,35)(H,33,36,38)/b23-13-. The van der Waals surface area contributed by atoms with E-state index in [1.807, 2.05) is 5.32 Å². The summed E-state index contributed by atoms with van der Waals surface area (Å²) in [6, 6.07) is 13.9. The predicted molar refractivity (Wildman–Crippen MR) is 139 cm³/mol. The van der Waals surface area contributed by atoms with Crippen LogP contribution >= 0.6 is 0 Å². The minimum atomic E-state index is -4.70. The number of rotatable bonds is 7. The minimum Gasteiger partial charge on any atom is -0.496 e. The molecule has 0 bridgehead atoms. The van der Waals surface area contributed by atoms with Crippen molar-refractivity contribution < 1.29 is 41.8 Å². The Bertz CT molecular complexity index is 1520. The normalized spacial score (nSPS) is 14.7. The monoisotopic (exact) mass is 553 g/mol. The van der Waals surface area contributed by atoms with Crippen LogP contribution in [-0.4, -0.2) is 30.9 Å². The van der Waals surface area contributed by atoms with Crippen LogP contribution in [-0.2, 0) is 27.2 Å². The zero-order valence-electron chi connectivity index (χ0n) is 21.2. The Morgan fingerprint density at radius 1 is 1.02 bits per heavy atom. The number of barbiturate groups is 1. The van der Waals surface area contributed by atoms with E-state index in [1.54, 1.807) is 42.5 Å². The molecule has 1 saturated heterocycles. The molecule has 0 aliphatic carbocycles. The number of imide groups is 2. The molecular weight excluding hydrogens is 531 g/mol. The Morgan fingerprint density at radius 2 is 1.75 bits per heavy atom. The molecule has 3 aromatic rings. The van der Waals surface area contributed by atoms with E-state index in [0.717, 1.165) is 18.2 Å². The third kappa shape index (κ3) is 6.29. The van der Waals surface area contributed by atoms with Crippen molar-refractivity contribution >= 4 is 41.2 Å². The Hall–Kier alpha value is -5.13. The number of nitrogens with zero attached hydrogens (tertiary/aromatic N) is 1. The van der Waals surface area contributed by atoms with Crippen LogP contribution in [0.5, 0.6) is 11.5 Å². The molecule has 0 unspecified atom stereocenters. The summed E-state index contributed by atoms with van der Waals surface area (Å²) in [7, 11) is 1.45. The molecule has 1 aliphatic heterocycles. The van der Waals surface area contributed by atoms with Crippen molar-refractivity contribution in [2.24, 2.45) is 0 Å². The first kappa shape index (κ1) is 27.9. The quantitative estimate of drug-likeness (QED) is 0.317. The molecule has 1 heterocycles. The zero-order valence-corrected chi connectivity index (χ0v) is 21.2. The van der Waals surface area contributed by atoms with E-state index in [2.05, 4.69) is 5.32 Å². The number of anilines is 2. The van der Waals surface area contributed by atoms with Gasteiger partial charge in [-0.05, 0) is 66.2 Å². The maximum absolute atomic E-state index is 13.2. The number of urea groups is 1. The van der Waals surface area contributed by atoms with Crippen LogP contribution < -0.4 is 25.0 Å². The first-order valence-corrected chi connectivity index (χ1v) is 11.7. The number of alkyl halides is 3. The second-order valence-corrected chi connectivity index (χ2v) is 8.57. The highest BCUT2D eigenvalue weighted by Gasteiger charge is 2.38. The summed E-state index contributed by atoms with van der Waals surface area (Å²) in [4.78, 5) is 49.7. The van der Waals surface area contributed by atoms with Gasteiger partial charge in [0.15, 0.2) is 0 Å². The number of ether oxygens (including phenoxy) is 2. The molecule has 0 radical (unpaired) electrons. The van der Waals surface area contributed by atoms with Gasteiger partial charge < -0.3 is 14.8 Å². The van der Waals surface area contributed by atoms with Crippen molar-refractivity contribution in [2.45, 2.75) is 19.7 Å². The Morgan fingerprint density at radius 3 is 2.40 bits per heavy atom. The lowest BCUT2D eigenvalue weighted by Crippen LogP contribution is -2.54. The highest BCUT2D eigenvalue weighted by atomic mass is 19.4. The van der Waals surface area contributed by atoms with Gasteiger partial charge in [0.25, 0.3) is 11.8 Å². The van der Waals surface area contributed by atoms with Gasteiger partial charge in [0.2, 0.25) is 5.91 Å². The summed E-state index contributed by atoms with van der Waals surface area (Å²) in [5.74, 6) is -1.34. The number of hydrogen-bond donors (Lipinski definition) is 2. The van der Waals surface area contributed by atoms with E-state index >= 15 is 0 Å². The number of amides is 5. The average molecular weight is 553 g/mol. The van der Waals surface area contributed by atoms with Gasteiger partial charge in [-0.3, -0.25) is 19.7 Å². The summed E-state index contributed by atoms with van der Waals surface area (Å²) < 4.78 is 50.7. The lowest BCUT2D eigenvalue weighted by Gasteiger charge is -2.27. The van der Waals surface area contributed by atoms with Gasteiger partial charge in [-0.15, -0.1) is 0 Å². The average Bonchev–Trinajstić information content (AvgIpc) is 2.90. The van der Waals surface area contributed by atoms with Crippen LogP contribution in [0.25, 0.3) is 6.08 Å². The van der Waals surface area contributed by atoms with Crippen LogP contribution in [0.1, 0.15) is 23.6 Å². The topological polar surface area (TPSA) is 114 Å². The smallest absolute Gasteiger partial charge is 0.416 e. The van der Waals surface area contributed by atoms with Crippen LogP contribution in [0.4, 0.5) is 29.3 Å². The third-order valence-corrected chi connectivity index (χ3v) is 5.72. The van der Waals surface area contributed by atoms with Crippen molar-refractivity contribution in [3.63, 3.8) is 0 Å². The fourth-order valence-electron chi connectivity index (χ4n) is 3.88. The molecule has 206 valence electrons. The highest BCUT2D eigenvalue weighted by Crippen LogP contribution is 2.33. The Labute approximate surface area is 226 Å². The summed E-state index contributed by atoms with van der Waals surface area (Å²) in [6.07, 6.45) is -3.48. The molecule has 9 nitrogen and oxygen atoms in total. The van der Waals surface area contributed by atoms with Gasteiger partial charge in [-0.2, -0.15) is 13.2 Å². The minimum absolute atomic E-state index is 0.0364. The van der Waals surface area contributed by atoms with Gasteiger partial charge in [-0.1, -0.05) is 12.1 Å². The number of methoxy groups -OCH3 is 1. The summed E-state index contributed by atoms with van der Waals surface area (Å²) in [5, 5.41) is 4.64. The largest absolute Gasteiger partial charge is 0.496 e. The van der Waals surface area contributed by atoms with Gasteiger partial charge in [-0.25, -0.2) is 9.69 Å². The number of carbonyl (C=O) groups excluding carboxylic acids is 4. The summed E-state index contributed by atoms with van der Waals surface area (Å²) >= 11 is 0. The molecule has 0 atom stereocenters. The number of nitrogens with one attached hydrogen (secondary N) is 2. The number of carbonyl (C=O) groups is 4. The molecule has 0 aromatic heterocycles. The second-order valence-electron chi connectivity index (χ2n) is 8.57. The molecule has 3 aromatic carbocycles.